The first-order valence-corrected chi connectivity index (χ1v) is 7.33. The highest BCUT2D eigenvalue weighted by molar-refractivity contribution is 9.10. The topological polar surface area (TPSA) is 68.1 Å². The molecule has 0 bridgehead atoms. The van der Waals surface area contributed by atoms with Crippen molar-refractivity contribution < 1.29 is 4.92 Å². The van der Waals surface area contributed by atoms with Crippen LogP contribution in [0.1, 0.15) is 39.0 Å². The van der Waals surface area contributed by atoms with Crippen LogP contribution in [0.5, 0.6) is 0 Å². The van der Waals surface area contributed by atoms with Crippen LogP contribution >= 0.6 is 15.9 Å². The van der Waals surface area contributed by atoms with Crippen LogP contribution in [0, 0.1) is 15.5 Å². The van der Waals surface area contributed by atoms with Gasteiger partial charge in [0.15, 0.2) is 0 Å². The van der Waals surface area contributed by atoms with Crippen molar-refractivity contribution >= 4 is 27.4 Å². The van der Waals surface area contributed by atoms with Gasteiger partial charge in [-0.25, -0.2) is 4.98 Å². The number of hydrogen-bond donors (Lipinski definition) is 1. The van der Waals surface area contributed by atoms with E-state index in [4.69, 9.17) is 0 Å². The molecular weight excluding hydrogens is 310 g/mol. The molecule has 1 aliphatic rings. The summed E-state index contributed by atoms with van der Waals surface area (Å²) in [7, 11) is 0. The number of nitro groups is 1. The Morgan fingerprint density at radius 1 is 1.47 bits per heavy atom. The van der Waals surface area contributed by atoms with E-state index in [0.29, 0.717) is 15.7 Å². The summed E-state index contributed by atoms with van der Waals surface area (Å²) in [5.41, 5.74) is 0.308. The summed E-state index contributed by atoms with van der Waals surface area (Å²) in [5, 5.41) is 14.0. The van der Waals surface area contributed by atoms with Crippen LogP contribution in [0.4, 0.5) is 11.5 Å². The van der Waals surface area contributed by atoms with E-state index in [0.717, 1.165) is 6.54 Å². The number of hydrogen-bond acceptors (Lipinski definition) is 4. The predicted molar refractivity (Wildman–Crippen MR) is 78.3 cm³/mol. The summed E-state index contributed by atoms with van der Waals surface area (Å²) in [5.74, 6) is 0.678. The summed E-state index contributed by atoms with van der Waals surface area (Å²) >= 11 is 3.33. The lowest BCUT2D eigenvalue weighted by Crippen LogP contribution is -2.29. The molecule has 0 amide bonds. The van der Waals surface area contributed by atoms with Gasteiger partial charge in [-0.2, -0.15) is 0 Å². The number of anilines is 1. The molecule has 0 spiro atoms. The number of nitrogens with zero attached hydrogens (tertiary/aromatic N) is 2. The third-order valence-electron chi connectivity index (χ3n) is 3.78. The van der Waals surface area contributed by atoms with E-state index in [1.165, 1.54) is 44.4 Å². The molecule has 0 aromatic carbocycles. The fraction of sp³-hybridized carbons (Fsp3) is 0.615. The van der Waals surface area contributed by atoms with Gasteiger partial charge in [0.1, 0.15) is 12.0 Å². The minimum Gasteiger partial charge on any atom is -0.369 e. The van der Waals surface area contributed by atoms with Crippen LogP contribution in [0.25, 0.3) is 0 Å². The van der Waals surface area contributed by atoms with E-state index >= 15 is 0 Å². The summed E-state index contributed by atoms with van der Waals surface area (Å²) in [6.07, 6.45) is 7.64. The number of pyridine rings is 1. The minimum absolute atomic E-state index is 0.00121. The van der Waals surface area contributed by atoms with Crippen molar-refractivity contribution in [3.05, 3.63) is 26.9 Å². The second-order valence-electron chi connectivity index (χ2n) is 5.51. The molecule has 2 rings (SSSR count). The first kappa shape index (κ1) is 14.2. The van der Waals surface area contributed by atoms with Gasteiger partial charge < -0.3 is 5.32 Å². The lowest BCUT2D eigenvalue weighted by atomic mass is 9.76. The first-order chi connectivity index (χ1) is 9.00. The molecule has 1 aromatic rings. The maximum absolute atomic E-state index is 10.6. The Kier molecular flexibility index (Phi) is 4.39. The van der Waals surface area contributed by atoms with Crippen molar-refractivity contribution in [2.45, 2.75) is 39.0 Å². The smallest absolute Gasteiger partial charge is 0.288 e. The van der Waals surface area contributed by atoms with Crippen LogP contribution < -0.4 is 5.32 Å². The maximum Gasteiger partial charge on any atom is 0.288 e. The standard InChI is InChI=1S/C13H18BrN3O2/c1-13(5-3-2-4-6-13)9-16-12-11(14)7-10(8-15-12)17(18)19/h7-8H,2-6,9H2,1H3,(H,15,16). The average Bonchev–Trinajstić information content (AvgIpc) is 2.38. The maximum atomic E-state index is 10.6. The molecule has 19 heavy (non-hydrogen) atoms. The lowest BCUT2D eigenvalue weighted by Gasteiger charge is -2.33. The monoisotopic (exact) mass is 327 g/mol. The largest absolute Gasteiger partial charge is 0.369 e. The molecule has 1 N–H and O–H groups in total. The van der Waals surface area contributed by atoms with Gasteiger partial charge in [-0.1, -0.05) is 26.2 Å². The molecule has 0 atom stereocenters. The quantitative estimate of drug-likeness (QED) is 0.666. The number of nitrogens with one attached hydrogen (secondary N) is 1. The van der Waals surface area contributed by atoms with Gasteiger partial charge in [0.2, 0.25) is 0 Å². The molecule has 1 saturated carbocycles. The zero-order valence-corrected chi connectivity index (χ0v) is 12.6. The zero-order valence-electron chi connectivity index (χ0n) is 11.0. The van der Waals surface area contributed by atoms with Gasteiger partial charge in [0.25, 0.3) is 5.69 Å². The summed E-state index contributed by atoms with van der Waals surface area (Å²) in [6, 6.07) is 1.48. The molecule has 0 radical (unpaired) electrons. The highest BCUT2D eigenvalue weighted by atomic mass is 79.9. The molecule has 0 saturated heterocycles. The predicted octanol–water partition coefficient (Wildman–Crippen LogP) is 4.13. The third kappa shape index (κ3) is 3.65. The van der Waals surface area contributed by atoms with Crippen molar-refractivity contribution in [2.75, 3.05) is 11.9 Å². The van der Waals surface area contributed by atoms with Crippen molar-refractivity contribution in [1.29, 1.82) is 0 Å². The molecular formula is C13H18BrN3O2. The summed E-state index contributed by atoms with van der Waals surface area (Å²) < 4.78 is 0.640. The lowest BCUT2D eigenvalue weighted by molar-refractivity contribution is -0.385. The molecule has 0 aliphatic heterocycles. The second-order valence-corrected chi connectivity index (χ2v) is 6.36. The fourth-order valence-electron chi connectivity index (χ4n) is 2.54. The number of aromatic nitrogens is 1. The van der Waals surface area contributed by atoms with Crippen LogP contribution in [-0.4, -0.2) is 16.5 Å². The Morgan fingerprint density at radius 3 is 2.74 bits per heavy atom. The van der Waals surface area contributed by atoms with Gasteiger partial charge in [0, 0.05) is 12.6 Å². The van der Waals surface area contributed by atoms with E-state index in [2.05, 4.69) is 33.2 Å². The molecule has 1 fully saturated rings. The second kappa shape index (κ2) is 5.86. The van der Waals surface area contributed by atoms with E-state index in [1.807, 2.05) is 0 Å². The fourth-order valence-corrected chi connectivity index (χ4v) is 3.01. The highest BCUT2D eigenvalue weighted by Gasteiger charge is 2.26. The SMILES string of the molecule is CC1(CNc2ncc([N+](=O)[O-])cc2Br)CCCCC1. The zero-order chi connectivity index (χ0) is 13.9. The normalized spacial score (nSPS) is 18.0. The molecule has 1 aliphatic carbocycles. The highest BCUT2D eigenvalue weighted by Crippen LogP contribution is 2.36. The van der Waals surface area contributed by atoms with Gasteiger partial charge in [-0.3, -0.25) is 10.1 Å². The number of rotatable bonds is 4. The Bertz CT molecular complexity index is 473. The van der Waals surface area contributed by atoms with Crippen LogP contribution in [0.2, 0.25) is 0 Å². The Balaban J connectivity index is 2.01. The summed E-state index contributed by atoms with van der Waals surface area (Å²) in [4.78, 5) is 14.3. The van der Waals surface area contributed by atoms with Gasteiger partial charge in [-0.15, -0.1) is 0 Å². The number of halogens is 1. The van der Waals surface area contributed by atoms with E-state index in [9.17, 15) is 10.1 Å². The van der Waals surface area contributed by atoms with Gasteiger partial charge in [-0.05, 0) is 34.2 Å². The van der Waals surface area contributed by atoms with E-state index in [1.54, 1.807) is 0 Å². The third-order valence-corrected chi connectivity index (χ3v) is 4.39. The van der Waals surface area contributed by atoms with Crippen LogP contribution in [-0.2, 0) is 0 Å². The Labute approximate surface area is 121 Å². The molecule has 5 nitrogen and oxygen atoms in total. The molecule has 6 heteroatoms. The molecule has 1 aromatic heterocycles. The summed E-state index contributed by atoms with van der Waals surface area (Å²) in [6.45, 7) is 3.15. The van der Waals surface area contributed by atoms with Gasteiger partial charge in [0.05, 0.1) is 9.40 Å². The van der Waals surface area contributed by atoms with Crippen molar-refractivity contribution in [3.8, 4) is 0 Å². The molecule has 1 heterocycles. The molecule has 104 valence electrons. The van der Waals surface area contributed by atoms with Crippen molar-refractivity contribution in [2.24, 2.45) is 5.41 Å². The van der Waals surface area contributed by atoms with Crippen LogP contribution in [0.3, 0.4) is 0 Å². The van der Waals surface area contributed by atoms with E-state index < -0.39 is 4.92 Å². The minimum atomic E-state index is -0.440. The average molecular weight is 328 g/mol. The van der Waals surface area contributed by atoms with Gasteiger partial charge >= 0.3 is 0 Å². The van der Waals surface area contributed by atoms with Crippen molar-refractivity contribution in [1.82, 2.24) is 4.98 Å². The first-order valence-electron chi connectivity index (χ1n) is 6.54. The van der Waals surface area contributed by atoms with Crippen LogP contribution in [0.15, 0.2) is 16.7 Å². The molecule has 0 unspecified atom stereocenters. The van der Waals surface area contributed by atoms with E-state index in [-0.39, 0.29) is 5.69 Å². The Morgan fingerprint density at radius 2 is 2.16 bits per heavy atom. The Hall–Kier alpha value is -1.17. The van der Waals surface area contributed by atoms with Crippen molar-refractivity contribution in [3.63, 3.8) is 0 Å².